The fourth-order valence-electron chi connectivity index (χ4n) is 3.47. The number of sulfonamides is 1. The van der Waals surface area contributed by atoms with E-state index >= 15 is 0 Å². The van der Waals surface area contributed by atoms with Gasteiger partial charge in [-0.15, -0.1) is 0 Å². The highest BCUT2D eigenvalue weighted by Crippen LogP contribution is 2.27. The summed E-state index contributed by atoms with van der Waals surface area (Å²) >= 11 is 0. The summed E-state index contributed by atoms with van der Waals surface area (Å²) in [5.74, 6) is 0.134. The first kappa shape index (κ1) is 21.5. The maximum Gasteiger partial charge on any atom is 0.244 e. The fraction of sp³-hybridized carbons (Fsp3) is 0.429. The third-order valence-electron chi connectivity index (χ3n) is 5.36. The smallest absolute Gasteiger partial charge is 0.244 e. The van der Waals surface area contributed by atoms with Gasteiger partial charge in [-0.3, -0.25) is 4.90 Å². The number of halogens is 1. The number of hydrogen-bond donors (Lipinski definition) is 1. The number of piperazine rings is 1. The van der Waals surface area contributed by atoms with Crippen molar-refractivity contribution in [1.29, 1.82) is 0 Å². The van der Waals surface area contributed by atoms with Crippen molar-refractivity contribution >= 4 is 15.7 Å². The second-order valence-electron chi connectivity index (χ2n) is 7.27. The molecule has 158 valence electrons. The number of aryl methyl sites for hydroxylation is 2. The predicted molar refractivity (Wildman–Crippen MR) is 113 cm³/mol. The molecule has 0 aromatic heterocycles. The molecule has 6 nitrogen and oxygen atoms in total. The monoisotopic (exact) mass is 421 g/mol. The summed E-state index contributed by atoms with van der Waals surface area (Å²) in [6.07, 6.45) is 0. The summed E-state index contributed by atoms with van der Waals surface area (Å²) in [5, 5.41) is 0. The topological polar surface area (TPSA) is 61.9 Å². The van der Waals surface area contributed by atoms with Crippen LogP contribution < -0.4 is 14.4 Å². The minimum absolute atomic E-state index is 0.160. The lowest BCUT2D eigenvalue weighted by Crippen LogP contribution is -2.48. The maximum atomic E-state index is 13.9. The minimum Gasteiger partial charge on any atom is -0.495 e. The number of nitrogens with one attached hydrogen (secondary N) is 1. The summed E-state index contributed by atoms with van der Waals surface area (Å²) in [5.41, 5.74) is 2.50. The van der Waals surface area contributed by atoms with Gasteiger partial charge in [-0.05, 0) is 49.2 Å². The standard InChI is InChI=1S/C21H28FN3O3S/c1-16-14-20(28-3)21(15-17(16)2)29(26,27)23-8-9-24-10-12-25(13-11-24)19-7-5-4-6-18(19)22/h4-7,14-15,23H,8-13H2,1-3H3. The Labute approximate surface area is 172 Å². The van der Waals surface area contributed by atoms with Gasteiger partial charge in [0.05, 0.1) is 12.8 Å². The van der Waals surface area contributed by atoms with Gasteiger partial charge >= 0.3 is 0 Å². The Kier molecular flexibility index (Phi) is 6.77. The molecule has 0 amide bonds. The molecule has 2 aromatic carbocycles. The van der Waals surface area contributed by atoms with Crippen LogP contribution >= 0.6 is 0 Å². The van der Waals surface area contributed by atoms with E-state index in [1.807, 2.05) is 24.8 Å². The molecule has 1 N–H and O–H groups in total. The van der Waals surface area contributed by atoms with E-state index in [0.29, 0.717) is 37.6 Å². The van der Waals surface area contributed by atoms with Gasteiger partial charge in [-0.1, -0.05) is 12.1 Å². The number of para-hydroxylation sites is 1. The highest BCUT2D eigenvalue weighted by atomic mass is 32.2. The Bertz CT molecular complexity index is 958. The van der Waals surface area contributed by atoms with Crippen LogP contribution in [0.25, 0.3) is 0 Å². The quantitative estimate of drug-likeness (QED) is 0.745. The summed E-state index contributed by atoms with van der Waals surface area (Å²) in [6, 6.07) is 10.2. The molecule has 0 saturated carbocycles. The molecule has 0 bridgehead atoms. The number of methoxy groups -OCH3 is 1. The van der Waals surface area contributed by atoms with Crippen LogP contribution in [0, 0.1) is 19.7 Å². The third kappa shape index (κ3) is 5.07. The van der Waals surface area contributed by atoms with Crippen molar-refractivity contribution in [1.82, 2.24) is 9.62 Å². The number of nitrogens with zero attached hydrogens (tertiary/aromatic N) is 2. The van der Waals surface area contributed by atoms with Crippen LogP contribution in [0.5, 0.6) is 5.75 Å². The molecule has 1 aliphatic rings. The molecule has 0 aliphatic carbocycles. The first-order valence-electron chi connectivity index (χ1n) is 9.68. The van der Waals surface area contributed by atoms with E-state index in [1.165, 1.54) is 13.2 Å². The van der Waals surface area contributed by atoms with Gasteiger partial charge in [-0.25, -0.2) is 17.5 Å². The number of hydrogen-bond acceptors (Lipinski definition) is 5. The summed E-state index contributed by atoms with van der Waals surface area (Å²) in [7, 11) is -2.19. The summed E-state index contributed by atoms with van der Waals surface area (Å²) < 4.78 is 47.3. The fourth-order valence-corrected chi connectivity index (χ4v) is 4.72. The van der Waals surface area contributed by atoms with Crippen molar-refractivity contribution in [3.05, 3.63) is 53.3 Å². The number of benzene rings is 2. The Morgan fingerprint density at radius 1 is 1.07 bits per heavy atom. The normalized spacial score (nSPS) is 15.5. The largest absolute Gasteiger partial charge is 0.495 e. The molecular weight excluding hydrogens is 393 g/mol. The van der Waals surface area contributed by atoms with Crippen LogP contribution in [-0.2, 0) is 10.0 Å². The average Bonchev–Trinajstić information content (AvgIpc) is 2.70. The molecule has 8 heteroatoms. The van der Waals surface area contributed by atoms with Crippen molar-refractivity contribution in [2.45, 2.75) is 18.7 Å². The van der Waals surface area contributed by atoms with Gasteiger partial charge in [0.1, 0.15) is 16.5 Å². The van der Waals surface area contributed by atoms with Crippen molar-refractivity contribution < 1.29 is 17.5 Å². The summed E-state index contributed by atoms with van der Waals surface area (Å²) in [6.45, 7) is 7.62. The molecule has 0 unspecified atom stereocenters. The van der Waals surface area contributed by atoms with E-state index in [0.717, 1.165) is 24.2 Å². The van der Waals surface area contributed by atoms with Gasteiger partial charge in [-0.2, -0.15) is 0 Å². The number of anilines is 1. The molecule has 0 spiro atoms. The highest BCUT2D eigenvalue weighted by Gasteiger charge is 2.22. The second kappa shape index (κ2) is 9.11. The SMILES string of the molecule is COc1cc(C)c(C)cc1S(=O)(=O)NCCN1CCN(c2ccccc2F)CC1. The minimum atomic E-state index is -3.66. The van der Waals surface area contributed by atoms with Crippen molar-refractivity contribution in [2.75, 3.05) is 51.3 Å². The molecule has 1 fully saturated rings. The molecule has 1 aliphatic heterocycles. The Morgan fingerprint density at radius 2 is 1.72 bits per heavy atom. The number of rotatable bonds is 7. The first-order valence-corrected chi connectivity index (χ1v) is 11.2. The average molecular weight is 422 g/mol. The van der Waals surface area contributed by atoms with Crippen LogP contribution in [0.2, 0.25) is 0 Å². The van der Waals surface area contributed by atoms with E-state index in [-0.39, 0.29) is 10.7 Å². The van der Waals surface area contributed by atoms with Gasteiger partial charge in [0, 0.05) is 39.3 Å². The van der Waals surface area contributed by atoms with Crippen molar-refractivity contribution in [3.63, 3.8) is 0 Å². The predicted octanol–water partition coefficient (Wildman–Crippen LogP) is 2.55. The van der Waals surface area contributed by atoms with Crippen LogP contribution in [0.4, 0.5) is 10.1 Å². The van der Waals surface area contributed by atoms with E-state index < -0.39 is 10.0 Å². The zero-order chi connectivity index (χ0) is 21.0. The lowest BCUT2D eigenvalue weighted by atomic mass is 10.1. The molecule has 1 saturated heterocycles. The van der Waals surface area contributed by atoms with Crippen LogP contribution in [-0.4, -0.2) is 59.7 Å². The van der Waals surface area contributed by atoms with Crippen molar-refractivity contribution in [2.24, 2.45) is 0 Å². The highest BCUT2D eigenvalue weighted by molar-refractivity contribution is 7.89. The zero-order valence-electron chi connectivity index (χ0n) is 17.1. The van der Waals surface area contributed by atoms with Crippen LogP contribution in [0.15, 0.2) is 41.3 Å². The second-order valence-corrected chi connectivity index (χ2v) is 9.00. The first-order chi connectivity index (χ1) is 13.8. The molecule has 0 radical (unpaired) electrons. The van der Waals surface area contributed by atoms with E-state index in [1.54, 1.807) is 24.3 Å². The van der Waals surface area contributed by atoms with Gasteiger partial charge < -0.3 is 9.64 Å². The molecule has 2 aromatic rings. The molecule has 1 heterocycles. The molecule has 3 rings (SSSR count). The van der Waals surface area contributed by atoms with Gasteiger partial charge in [0.25, 0.3) is 0 Å². The molecule has 29 heavy (non-hydrogen) atoms. The van der Waals surface area contributed by atoms with E-state index in [4.69, 9.17) is 4.74 Å². The Hall–Kier alpha value is -2.16. The lowest BCUT2D eigenvalue weighted by Gasteiger charge is -2.36. The Balaban J connectivity index is 1.54. The van der Waals surface area contributed by atoms with Gasteiger partial charge in [0.15, 0.2) is 0 Å². The van der Waals surface area contributed by atoms with Crippen LogP contribution in [0.1, 0.15) is 11.1 Å². The zero-order valence-corrected chi connectivity index (χ0v) is 17.9. The van der Waals surface area contributed by atoms with Crippen molar-refractivity contribution in [3.8, 4) is 5.75 Å². The van der Waals surface area contributed by atoms with Gasteiger partial charge in [0.2, 0.25) is 10.0 Å². The van der Waals surface area contributed by atoms with Crippen LogP contribution in [0.3, 0.4) is 0 Å². The lowest BCUT2D eigenvalue weighted by molar-refractivity contribution is 0.261. The number of ether oxygens (including phenoxy) is 1. The maximum absolute atomic E-state index is 13.9. The van der Waals surface area contributed by atoms with E-state index in [2.05, 4.69) is 9.62 Å². The van der Waals surface area contributed by atoms with E-state index in [9.17, 15) is 12.8 Å². The Morgan fingerprint density at radius 3 is 2.38 bits per heavy atom. The molecule has 0 atom stereocenters. The third-order valence-corrected chi connectivity index (χ3v) is 6.84. The summed E-state index contributed by atoms with van der Waals surface area (Å²) in [4.78, 5) is 4.36. The molecular formula is C21H28FN3O3S.